The molecule has 0 bridgehead atoms. The normalized spacial score (nSPS) is 11.8. The summed E-state index contributed by atoms with van der Waals surface area (Å²) in [5.74, 6) is 1.94. The van der Waals surface area contributed by atoms with Gasteiger partial charge in [0.05, 0.1) is 0 Å². The van der Waals surface area contributed by atoms with E-state index < -0.39 is 0 Å². The second-order valence-corrected chi connectivity index (χ2v) is 8.03. The molecule has 7 heteroatoms. The van der Waals surface area contributed by atoms with E-state index in [2.05, 4.69) is 63.0 Å². The number of aromatic nitrogens is 2. The van der Waals surface area contributed by atoms with Crippen molar-refractivity contribution in [1.29, 1.82) is 0 Å². The summed E-state index contributed by atoms with van der Waals surface area (Å²) >= 11 is 3.50. The van der Waals surface area contributed by atoms with E-state index in [0.717, 1.165) is 48.5 Å². The van der Waals surface area contributed by atoms with Gasteiger partial charge in [-0.2, -0.15) is 0 Å². The van der Waals surface area contributed by atoms with Gasteiger partial charge in [-0.15, -0.1) is 11.3 Å². The van der Waals surface area contributed by atoms with Crippen molar-refractivity contribution < 1.29 is 0 Å². The van der Waals surface area contributed by atoms with Crippen LogP contribution in [0.2, 0.25) is 0 Å². The standard InChI is InChI=1S/C19H25N5S2/c1-2-20-18(21-9-5-12-25-19-23-11-13-26-19)22-10-8-15-14-24-17-7-4-3-6-16(15)17/h3-4,6-7,11,13-14,24H,2,5,8-10,12H2,1H3,(H2,20,21,22). The minimum Gasteiger partial charge on any atom is -0.361 e. The summed E-state index contributed by atoms with van der Waals surface area (Å²) < 4.78 is 1.14. The highest BCUT2D eigenvalue weighted by atomic mass is 32.2. The van der Waals surface area contributed by atoms with Gasteiger partial charge in [0.1, 0.15) is 4.34 Å². The number of nitrogens with zero attached hydrogens (tertiary/aromatic N) is 2. The molecule has 2 aromatic heterocycles. The zero-order valence-corrected chi connectivity index (χ0v) is 16.6. The number of nitrogens with one attached hydrogen (secondary N) is 3. The maximum atomic E-state index is 4.67. The molecule has 0 spiro atoms. The molecule has 0 fully saturated rings. The number of thiazole rings is 1. The summed E-state index contributed by atoms with van der Waals surface area (Å²) in [4.78, 5) is 12.3. The molecule has 0 saturated heterocycles. The Hall–Kier alpha value is -1.99. The molecule has 3 aromatic rings. The van der Waals surface area contributed by atoms with Crippen molar-refractivity contribution in [1.82, 2.24) is 20.6 Å². The van der Waals surface area contributed by atoms with Crippen LogP contribution in [-0.2, 0) is 6.42 Å². The Morgan fingerprint density at radius 1 is 1.31 bits per heavy atom. The van der Waals surface area contributed by atoms with Gasteiger partial charge in [-0.25, -0.2) is 4.98 Å². The number of thioether (sulfide) groups is 1. The molecule has 0 radical (unpaired) electrons. The average Bonchev–Trinajstić information content (AvgIpc) is 3.31. The van der Waals surface area contributed by atoms with Crippen LogP contribution in [0.4, 0.5) is 0 Å². The molecule has 26 heavy (non-hydrogen) atoms. The van der Waals surface area contributed by atoms with E-state index in [4.69, 9.17) is 0 Å². The molecule has 0 saturated carbocycles. The zero-order valence-electron chi connectivity index (χ0n) is 15.0. The Labute approximate surface area is 162 Å². The fourth-order valence-electron chi connectivity index (χ4n) is 2.69. The molecule has 0 atom stereocenters. The van der Waals surface area contributed by atoms with Crippen molar-refractivity contribution in [3.8, 4) is 0 Å². The monoisotopic (exact) mass is 387 g/mol. The number of hydrogen-bond acceptors (Lipinski definition) is 4. The molecule has 2 heterocycles. The highest BCUT2D eigenvalue weighted by molar-refractivity contribution is 8.00. The lowest BCUT2D eigenvalue weighted by atomic mass is 10.1. The molecule has 0 aliphatic heterocycles. The van der Waals surface area contributed by atoms with Crippen LogP contribution >= 0.6 is 23.1 Å². The smallest absolute Gasteiger partial charge is 0.191 e. The van der Waals surface area contributed by atoms with Gasteiger partial charge in [-0.1, -0.05) is 30.0 Å². The van der Waals surface area contributed by atoms with Crippen molar-refractivity contribution in [2.24, 2.45) is 4.99 Å². The molecule has 0 aliphatic rings. The number of guanidine groups is 1. The summed E-state index contributed by atoms with van der Waals surface area (Å²) in [6.07, 6.45) is 5.97. The molecule has 0 aliphatic carbocycles. The topological polar surface area (TPSA) is 65.1 Å². The lowest BCUT2D eigenvalue weighted by Gasteiger charge is -2.11. The molecule has 3 rings (SSSR count). The van der Waals surface area contributed by atoms with Crippen LogP contribution in [0, 0.1) is 0 Å². The number of fused-ring (bicyclic) bond motifs is 1. The van der Waals surface area contributed by atoms with Crippen LogP contribution in [0.25, 0.3) is 10.9 Å². The minimum atomic E-state index is 0.820. The van der Waals surface area contributed by atoms with Gasteiger partial charge in [0.25, 0.3) is 0 Å². The summed E-state index contributed by atoms with van der Waals surface area (Å²) in [6.45, 7) is 4.64. The maximum Gasteiger partial charge on any atom is 0.191 e. The molecule has 138 valence electrons. The SMILES string of the molecule is CCNC(=NCCCSc1nccs1)NCCc1c[nH]c2ccccc12. The molecule has 1 aromatic carbocycles. The summed E-state index contributed by atoms with van der Waals surface area (Å²) in [7, 11) is 0. The van der Waals surface area contributed by atoms with E-state index in [9.17, 15) is 0 Å². The van der Waals surface area contributed by atoms with Crippen molar-refractivity contribution in [2.45, 2.75) is 24.1 Å². The lowest BCUT2D eigenvalue weighted by Crippen LogP contribution is -2.38. The van der Waals surface area contributed by atoms with Gasteiger partial charge in [-0.3, -0.25) is 4.99 Å². The minimum absolute atomic E-state index is 0.820. The van der Waals surface area contributed by atoms with Crippen molar-refractivity contribution in [3.05, 3.63) is 47.6 Å². The largest absolute Gasteiger partial charge is 0.361 e. The molecule has 3 N–H and O–H groups in total. The fraction of sp³-hybridized carbons (Fsp3) is 0.368. The van der Waals surface area contributed by atoms with Crippen LogP contribution in [-0.4, -0.2) is 41.3 Å². The quantitative estimate of drug-likeness (QED) is 0.225. The summed E-state index contributed by atoms with van der Waals surface area (Å²) in [5, 5.41) is 10.1. The zero-order chi connectivity index (χ0) is 18.0. The molecule has 0 amide bonds. The number of benzene rings is 1. The third-order valence-corrected chi connectivity index (χ3v) is 5.97. The van der Waals surface area contributed by atoms with Crippen molar-refractivity contribution >= 4 is 40.0 Å². The number of aromatic amines is 1. The Balaban J connectivity index is 1.42. The van der Waals surface area contributed by atoms with Crippen molar-refractivity contribution in [3.63, 3.8) is 0 Å². The van der Waals surface area contributed by atoms with E-state index in [0.29, 0.717) is 0 Å². The van der Waals surface area contributed by atoms with Gasteiger partial charge in [0.15, 0.2) is 5.96 Å². The maximum absolute atomic E-state index is 4.67. The molecular weight excluding hydrogens is 362 g/mol. The number of H-pyrrole nitrogens is 1. The number of para-hydroxylation sites is 1. The first-order valence-corrected chi connectivity index (χ1v) is 10.8. The van der Waals surface area contributed by atoms with E-state index in [1.165, 1.54) is 16.5 Å². The van der Waals surface area contributed by atoms with Crippen LogP contribution in [0.15, 0.2) is 51.4 Å². The number of hydrogen-bond donors (Lipinski definition) is 3. The van der Waals surface area contributed by atoms with Crippen LogP contribution < -0.4 is 10.6 Å². The first-order valence-electron chi connectivity index (χ1n) is 8.96. The Kier molecular flexibility index (Phi) is 7.39. The second-order valence-electron chi connectivity index (χ2n) is 5.80. The number of rotatable bonds is 9. The highest BCUT2D eigenvalue weighted by Crippen LogP contribution is 2.20. The van der Waals surface area contributed by atoms with Gasteiger partial charge in [0, 0.05) is 54.1 Å². The van der Waals surface area contributed by atoms with Gasteiger partial charge < -0.3 is 15.6 Å². The van der Waals surface area contributed by atoms with E-state index in [-0.39, 0.29) is 0 Å². The highest BCUT2D eigenvalue weighted by Gasteiger charge is 2.03. The second kappa shape index (κ2) is 10.2. The van der Waals surface area contributed by atoms with Crippen LogP contribution in [0.3, 0.4) is 0 Å². The molecule has 5 nitrogen and oxygen atoms in total. The predicted octanol–water partition coefficient (Wildman–Crippen LogP) is 3.90. The lowest BCUT2D eigenvalue weighted by molar-refractivity contribution is 0.796. The fourth-order valence-corrected chi connectivity index (χ4v) is 4.32. The number of aliphatic imine (C=N–C) groups is 1. The predicted molar refractivity (Wildman–Crippen MR) is 113 cm³/mol. The first kappa shape index (κ1) is 18.8. The van der Waals surface area contributed by atoms with Crippen LogP contribution in [0.1, 0.15) is 18.9 Å². The molecule has 0 unspecified atom stereocenters. The van der Waals surface area contributed by atoms with Gasteiger partial charge >= 0.3 is 0 Å². The third kappa shape index (κ3) is 5.51. The first-order chi connectivity index (χ1) is 12.9. The average molecular weight is 388 g/mol. The van der Waals surface area contributed by atoms with Crippen LogP contribution in [0.5, 0.6) is 0 Å². The Morgan fingerprint density at radius 2 is 2.23 bits per heavy atom. The summed E-state index contributed by atoms with van der Waals surface area (Å²) in [6, 6.07) is 8.42. The Morgan fingerprint density at radius 3 is 3.08 bits per heavy atom. The van der Waals surface area contributed by atoms with E-state index in [1.54, 1.807) is 23.1 Å². The van der Waals surface area contributed by atoms with Gasteiger partial charge in [0.2, 0.25) is 0 Å². The van der Waals surface area contributed by atoms with Gasteiger partial charge in [-0.05, 0) is 31.4 Å². The third-order valence-electron chi connectivity index (χ3n) is 3.91. The van der Waals surface area contributed by atoms with Crippen molar-refractivity contribution in [2.75, 3.05) is 25.4 Å². The molecular formula is C19H25N5S2. The van der Waals surface area contributed by atoms with E-state index >= 15 is 0 Å². The Bertz CT molecular complexity index is 810. The van der Waals surface area contributed by atoms with E-state index in [1.807, 2.05) is 11.6 Å². The summed E-state index contributed by atoms with van der Waals surface area (Å²) in [5.41, 5.74) is 2.53.